The summed E-state index contributed by atoms with van der Waals surface area (Å²) in [7, 11) is 0. The summed E-state index contributed by atoms with van der Waals surface area (Å²) in [5.41, 5.74) is 6.73. The molecule has 0 fully saturated rings. The summed E-state index contributed by atoms with van der Waals surface area (Å²) in [6.07, 6.45) is 1.72. The molecule has 0 aliphatic heterocycles. The Morgan fingerprint density at radius 2 is 2.05 bits per heavy atom. The molecular formula is C15H24N2O2. The second kappa shape index (κ2) is 7.79. The third kappa shape index (κ3) is 5.30. The van der Waals surface area contributed by atoms with Gasteiger partial charge in [0.15, 0.2) is 0 Å². The maximum atomic E-state index is 11.8. The monoisotopic (exact) mass is 264 g/mol. The molecule has 0 bridgehead atoms. The van der Waals surface area contributed by atoms with Crippen molar-refractivity contribution < 1.29 is 9.53 Å². The summed E-state index contributed by atoms with van der Waals surface area (Å²) in [4.78, 5) is 11.8. The number of carbonyl (C=O) groups is 1. The van der Waals surface area contributed by atoms with Crippen LogP contribution < -0.4 is 15.8 Å². The van der Waals surface area contributed by atoms with Crippen LogP contribution in [0.15, 0.2) is 24.3 Å². The Morgan fingerprint density at radius 1 is 1.37 bits per heavy atom. The lowest BCUT2D eigenvalue weighted by atomic mass is 10.1. The summed E-state index contributed by atoms with van der Waals surface area (Å²) in [5, 5.41) is 2.85. The number of hydrogen-bond acceptors (Lipinski definition) is 3. The van der Waals surface area contributed by atoms with E-state index in [0.29, 0.717) is 13.0 Å². The van der Waals surface area contributed by atoms with E-state index in [-0.39, 0.29) is 12.0 Å². The summed E-state index contributed by atoms with van der Waals surface area (Å²) >= 11 is 0. The second-order valence-corrected chi connectivity index (χ2v) is 4.89. The van der Waals surface area contributed by atoms with Crippen LogP contribution in [-0.2, 0) is 11.3 Å². The number of benzene rings is 1. The summed E-state index contributed by atoms with van der Waals surface area (Å²) in [5.74, 6) is 0.697. The van der Waals surface area contributed by atoms with Crippen LogP contribution in [0.5, 0.6) is 5.75 Å². The van der Waals surface area contributed by atoms with Gasteiger partial charge in [0.25, 0.3) is 0 Å². The fraction of sp³-hybridized carbons (Fsp3) is 0.533. The van der Waals surface area contributed by atoms with Crippen molar-refractivity contribution in [3.8, 4) is 5.75 Å². The number of carbonyl (C=O) groups excluding carboxylic acids is 1. The highest BCUT2D eigenvalue weighted by molar-refractivity contribution is 5.81. The molecule has 0 aliphatic rings. The van der Waals surface area contributed by atoms with Gasteiger partial charge < -0.3 is 15.8 Å². The maximum Gasteiger partial charge on any atom is 0.237 e. The number of nitrogens with two attached hydrogens (primary N) is 1. The minimum atomic E-state index is -0.428. The van der Waals surface area contributed by atoms with Gasteiger partial charge in [-0.25, -0.2) is 0 Å². The van der Waals surface area contributed by atoms with Crippen LogP contribution in [-0.4, -0.2) is 18.1 Å². The van der Waals surface area contributed by atoms with Crippen molar-refractivity contribution in [1.29, 1.82) is 0 Å². The lowest BCUT2D eigenvalue weighted by Crippen LogP contribution is -2.40. The SMILES string of the molecule is CCCC(N)C(=O)NCc1ccccc1OC(C)C. The van der Waals surface area contributed by atoms with Gasteiger partial charge in [0.2, 0.25) is 5.91 Å². The highest BCUT2D eigenvalue weighted by Gasteiger charge is 2.12. The van der Waals surface area contributed by atoms with Crippen molar-refractivity contribution in [2.24, 2.45) is 5.73 Å². The fourth-order valence-electron chi connectivity index (χ4n) is 1.77. The zero-order valence-electron chi connectivity index (χ0n) is 12.0. The van der Waals surface area contributed by atoms with Gasteiger partial charge in [-0.3, -0.25) is 4.79 Å². The van der Waals surface area contributed by atoms with Crippen molar-refractivity contribution in [2.75, 3.05) is 0 Å². The lowest BCUT2D eigenvalue weighted by molar-refractivity contribution is -0.122. The average Bonchev–Trinajstić information content (AvgIpc) is 2.37. The van der Waals surface area contributed by atoms with Gasteiger partial charge in [-0.05, 0) is 26.3 Å². The first-order valence-electron chi connectivity index (χ1n) is 6.82. The van der Waals surface area contributed by atoms with E-state index < -0.39 is 6.04 Å². The predicted molar refractivity (Wildman–Crippen MR) is 76.9 cm³/mol. The molecule has 0 spiro atoms. The molecule has 19 heavy (non-hydrogen) atoms. The number of hydrogen-bond donors (Lipinski definition) is 2. The number of ether oxygens (including phenoxy) is 1. The molecule has 0 radical (unpaired) electrons. The van der Waals surface area contributed by atoms with E-state index in [4.69, 9.17) is 10.5 Å². The summed E-state index contributed by atoms with van der Waals surface area (Å²) < 4.78 is 5.70. The molecule has 4 heteroatoms. The molecule has 0 aromatic heterocycles. The second-order valence-electron chi connectivity index (χ2n) is 4.89. The van der Waals surface area contributed by atoms with Crippen LogP contribution in [0.3, 0.4) is 0 Å². The van der Waals surface area contributed by atoms with Crippen LogP contribution in [0.2, 0.25) is 0 Å². The number of rotatable bonds is 7. The summed E-state index contributed by atoms with van der Waals surface area (Å²) in [6, 6.07) is 7.28. The van der Waals surface area contributed by atoms with Crippen LogP contribution in [0.4, 0.5) is 0 Å². The smallest absolute Gasteiger partial charge is 0.237 e. The van der Waals surface area contributed by atoms with E-state index in [1.807, 2.05) is 45.0 Å². The van der Waals surface area contributed by atoms with Gasteiger partial charge in [0.05, 0.1) is 12.1 Å². The highest BCUT2D eigenvalue weighted by Crippen LogP contribution is 2.19. The molecule has 1 amide bonds. The Labute approximate surface area is 115 Å². The molecule has 3 N–H and O–H groups in total. The minimum absolute atomic E-state index is 0.110. The van der Waals surface area contributed by atoms with Gasteiger partial charge >= 0.3 is 0 Å². The molecule has 0 saturated carbocycles. The fourth-order valence-corrected chi connectivity index (χ4v) is 1.77. The standard InChI is InChI=1S/C15H24N2O2/c1-4-7-13(16)15(18)17-10-12-8-5-6-9-14(12)19-11(2)3/h5-6,8-9,11,13H,4,7,10,16H2,1-3H3,(H,17,18). The van der Waals surface area contributed by atoms with Gasteiger partial charge in [0.1, 0.15) is 5.75 Å². The van der Waals surface area contributed by atoms with E-state index in [2.05, 4.69) is 5.32 Å². The molecule has 1 rings (SSSR count). The zero-order chi connectivity index (χ0) is 14.3. The maximum absolute atomic E-state index is 11.8. The highest BCUT2D eigenvalue weighted by atomic mass is 16.5. The number of para-hydroxylation sites is 1. The first kappa shape index (κ1) is 15.5. The first-order valence-corrected chi connectivity index (χ1v) is 6.82. The van der Waals surface area contributed by atoms with Crippen LogP contribution >= 0.6 is 0 Å². The zero-order valence-corrected chi connectivity index (χ0v) is 12.0. The molecule has 1 atom stereocenters. The van der Waals surface area contributed by atoms with E-state index >= 15 is 0 Å². The van der Waals surface area contributed by atoms with Crippen LogP contribution in [0.25, 0.3) is 0 Å². The Hall–Kier alpha value is -1.55. The van der Waals surface area contributed by atoms with Crippen molar-refractivity contribution in [1.82, 2.24) is 5.32 Å². The quantitative estimate of drug-likeness (QED) is 0.793. The molecule has 106 valence electrons. The Bertz CT molecular complexity index is 405. The molecule has 4 nitrogen and oxygen atoms in total. The van der Waals surface area contributed by atoms with E-state index in [1.54, 1.807) is 0 Å². The summed E-state index contributed by atoms with van der Waals surface area (Å²) in [6.45, 7) is 6.41. The molecular weight excluding hydrogens is 240 g/mol. The van der Waals surface area contributed by atoms with Gasteiger partial charge in [-0.2, -0.15) is 0 Å². The molecule has 1 unspecified atom stereocenters. The third-order valence-corrected chi connectivity index (χ3v) is 2.72. The van der Waals surface area contributed by atoms with Gasteiger partial charge in [-0.1, -0.05) is 31.5 Å². The average molecular weight is 264 g/mol. The van der Waals surface area contributed by atoms with Crippen LogP contribution in [0, 0.1) is 0 Å². The third-order valence-electron chi connectivity index (χ3n) is 2.72. The van der Waals surface area contributed by atoms with Crippen molar-refractivity contribution in [3.63, 3.8) is 0 Å². The van der Waals surface area contributed by atoms with Crippen molar-refractivity contribution in [3.05, 3.63) is 29.8 Å². The van der Waals surface area contributed by atoms with Crippen molar-refractivity contribution >= 4 is 5.91 Å². The van der Waals surface area contributed by atoms with Crippen molar-refractivity contribution in [2.45, 2.75) is 52.3 Å². The van der Waals surface area contributed by atoms with Gasteiger partial charge in [-0.15, -0.1) is 0 Å². The molecule has 1 aromatic carbocycles. The van der Waals surface area contributed by atoms with Crippen LogP contribution in [0.1, 0.15) is 39.2 Å². The minimum Gasteiger partial charge on any atom is -0.491 e. The lowest BCUT2D eigenvalue weighted by Gasteiger charge is -2.16. The predicted octanol–water partition coefficient (Wildman–Crippen LogP) is 2.22. The topological polar surface area (TPSA) is 64.4 Å². The molecule has 0 heterocycles. The van der Waals surface area contributed by atoms with E-state index in [0.717, 1.165) is 17.7 Å². The van der Waals surface area contributed by atoms with E-state index in [1.165, 1.54) is 0 Å². The number of amides is 1. The number of nitrogens with one attached hydrogen (secondary N) is 1. The Morgan fingerprint density at radius 3 is 2.68 bits per heavy atom. The molecule has 1 aromatic rings. The normalized spacial score (nSPS) is 12.3. The molecule has 0 aliphatic carbocycles. The Kier molecular flexibility index (Phi) is 6.36. The molecule has 0 saturated heterocycles. The Balaban J connectivity index is 2.59. The van der Waals surface area contributed by atoms with Gasteiger partial charge in [0, 0.05) is 12.1 Å². The first-order chi connectivity index (χ1) is 9.04. The van der Waals surface area contributed by atoms with E-state index in [9.17, 15) is 4.79 Å². The largest absolute Gasteiger partial charge is 0.491 e.